The molecule has 0 N–H and O–H groups in total. The van der Waals surface area contributed by atoms with Crippen molar-refractivity contribution in [2.24, 2.45) is 0 Å². The molecule has 0 unspecified atom stereocenters. The first kappa shape index (κ1) is 29.5. The van der Waals surface area contributed by atoms with Gasteiger partial charge in [-0.2, -0.15) is 0 Å². The average Bonchev–Trinajstić information content (AvgIpc) is 2.70. The molecule has 0 aliphatic carbocycles. The van der Waals surface area contributed by atoms with Gasteiger partial charge in [-0.25, -0.2) is 0 Å². The monoisotopic (exact) mass is 482 g/mol. The maximum Gasteiger partial charge on any atom is 0.0502 e. The van der Waals surface area contributed by atoms with Crippen molar-refractivity contribution in [2.45, 2.75) is 54.4 Å². The van der Waals surface area contributed by atoms with Crippen LogP contribution in [0.1, 0.15) is 0 Å². The highest BCUT2D eigenvalue weighted by Crippen LogP contribution is 2.44. The highest BCUT2D eigenvalue weighted by atomic mass is 29.9. The fourth-order valence-corrected chi connectivity index (χ4v) is 95.8. The van der Waals surface area contributed by atoms with Crippen molar-refractivity contribution in [2.75, 3.05) is 0 Å². The Hall–Kier alpha value is -1.47. The molecule has 0 saturated heterocycles. The van der Waals surface area contributed by atoms with Crippen LogP contribution in [0, 0.1) is 0 Å². The van der Waals surface area contributed by atoms with Gasteiger partial charge >= 0.3 is 0 Å². The molecule has 0 bridgehead atoms. The minimum atomic E-state index is -1.80. The number of rotatable bonds is 21. The van der Waals surface area contributed by atoms with Crippen molar-refractivity contribution >= 4 is 30.1 Å². The van der Waals surface area contributed by atoms with Crippen molar-refractivity contribution in [1.82, 2.24) is 0 Å². The topological polar surface area (TPSA) is 0 Å². The minimum Gasteiger partial charge on any atom is -0.103 e. The van der Waals surface area contributed by atoms with Crippen molar-refractivity contribution in [3.8, 4) is 0 Å². The van der Waals surface area contributed by atoms with Gasteiger partial charge in [0.05, 0.1) is 22.8 Å². The SMILES string of the molecule is C=CC[Si](CC=C)(CC=C)[SiH]([Si](CC=C)(CC=C)CC=C)[Si](CC=C)(CC=C)CC=C. The second kappa shape index (κ2) is 15.3. The van der Waals surface area contributed by atoms with Crippen LogP contribution >= 0.6 is 0 Å². The molecule has 0 saturated carbocycles. The lowest BCUT2D eigenvalue weighted by Gasteiger charge is -2.56. The van der Waals surface area contributed by atoms with Crippen LogP contribution in [0.15, 0.2) is 114 Å². The molecule has 0 atom stereocenters. The molecule has 0 fully saturated rings. The number of hydrogen-bond acceptors (Lipinski definition) is 0. The summed E-state index contributed by atoms with van der Waals surface area (Å²) in [6.45, 7) is 38.1. The van der Waals surface area contributed by atoms with Gasteiger partial charge in [-0.15, -0.1) is 59.2 Å². The minimum absolute atomic E-state index is 1.14. The zero-order valence-corrected chi connectivity index (χ0v) is 24.2. The molecule has 0 aromatic rings. The molecule has 0 heterocycles. The van der Waals surface area contributed by atoms with E-state index < -0.39 is 30.1 Å². The standard InChI is InChI=1S/C27H46Si4/c1-10-19-29(20-11-2,21-12-3)28(30(22-13-4,23-14-5)24-15-6)31(25-16-7,26-17-8)27-18-9/h10-18,28H,1-9,19-27H2. The predicted octanol–water partition coefficient (Wildman–Crippen LogP) is 8.47. The normalized spacial score (nSPS) is 11.9. The third kappa shape index (κ3) is 7.28. The van der Waals surface area contributed by atoms with Gasteiger partial charge in [0.25, 0.3) is 0 Å². The maximum absolute atomic E-state index is 4.23. The molecule has 0 rings (SSSR count). The Balaban J connectivity index is 7.61. The summed E-state index contributed by atoms with van der Waals surface area (Å²) in [5, 5.41) is 0. The smallest absolute Gasteiger partial charge is 0.0502 e. The van der Waals surface area contributed by atoms with Crippen LogP contribution in [0.25, 0.3) is 0 Å². The first-order chi connectivity index (χ1) is 14.9. The van der Waals surface area contributed by atoms with Crippen LogP contribution in [0.5, 0.6) is 0 Å². The van der Waals surface area contributed by atoms with Crippen LogP contribution in [0.3, 0.4) is 0 Å². The molecule has 0 amide bonds. The van der Waals surface area contributed by atoms with E-state index >= 15 is 0 Å². The van der Waals surface area contributed by atoms with Crippen LogP contribution in [-0.4, -0.2) is 30.1 Å². The summed E-state index contributed by atoms with van der Waals surface area (Å²) in [4.78, 5) is 0. The van der Waals surface area contributed by atoms with E-state index in [4.69, 9.17) is 0 Å². The predicted molar refractivity (Wildman–Crippen MR) is 159 cm³/mol. The summed E-state index contributed by atoms with van der Waals surface area (Å²) in [6.07, 6.45) is 19.8. The zero-order chi connectivity index (χ0) is 23.8. The van der Waals surface area contributed by atoms with E-state index in [0.717, 1.165) is 54.4 Å². The Morgan fingerprint density at radius 2 is 0.452 bits per heavy atom. The van der Waals surface area contributed by atoms with E-state index in [9.17, 15) is 0 Å². The highest BCUT2D eigenvalue weighted by molar-refractivity contribution is 7.83. The fraction of sp³-hybridized carbons (Fsp3) is 0.333. The van der Waals surface area contributed by atoms with Gasteiger partial charge in [-0.1, -0.05) is 54.7 Å². The summed E-state index contributed by atoms with van der Waals surface area (Å²) >= 11 is 0. The van der Waals surface area contributed by atoms with Gasteiger partial charge in [-0.05, 0) is 54.4 Å². The van der Waals surface area contributed by atoms with Gasteiger partial charge in [0.1, 0.15) is 0 Å². The van der Waals surface area contributed by atoms with E-state index in [-0.39, 0.29) is 0 Å². The summed E-state index contributed by atoms with van der Waals surface area (Å²) in [7, 11) is -6.76. The second-order valence-electron chi connectivity index (χ2n) is 8.96. The van der Waals surface area contributed by atoms with Gasteiger partial charge in [0, 0.05) is 7.35 Å². The second-order valence-corrected chi connectivity index (χ2v) is 43.1. The van der Waals surface area contributed by atoms with Crippen LogP contribution < -0.4 is 0 Å². The Labute approximate surface area is 198 Å². The molecule has 170 valence electrons. The Morgan fingerprint density at radius 1 is 0.323 bits per heavy atom. The summed E-state index contributed by atoms with van der Waals surface area (Å²) < 4.78 is 0. The molecule has 0 radical (unpaired) electrons. The van der Waals surface area contributed by atoms with Gasteiger partial charge in [0.15, 0.2) is 0 Å². The Kier molecular flexibility index (Phi) is 14.6. The third-order valence-corrected chi connectivity index (χ3v) is 70.8. The first-order valence-electron chi connectivity index (χ1n) is 11.4. The summed E-state index contributed by atoms with van der Waals surface area (Å²) in [5.74, 6) is 0. The molecule has 0 aliphatic heterocycles. The summed E-state index contributed by atoms with van der Waals surface area (Å²) in [6, 6.07) is 10.3. The van der Waals surface area contributed by atoms with Gasteiger partial charge < -0.3 is 0 Å². The third-order valence-electron chi connectivity index (χ3n) is 6.79. The number of allylic oxidation sites excluding steroid dienone is 9. The molecular weight excluding hydrogens is 437 g/mol. The molecule has 4 heteroatoms. The van der Waals surface area contributed by atoms with Crippen molar-refractivity contribution in [3.63, 3.8) is 0 Å². The van der Waals surface area contributed by atoms with Crippen LogP contribution in [0.4, 0.5) is 0 Å². The molecule has 31 heavy (non-hydrogen) atoms. The first-order valence-corrected chi connectivity index (χ1v) is 24.7. The van der Waals surface area contributed by atoms with E-state index in [1.54, 1.807) is 0 Å². The molecule has 0 aromatic heterocycles. The Bertz CT molecular complexity index is 488. The average molecular weight is 483 g/mol. The lowest BCUT2D eigenvalue weighted by atomic mass is 10.7. The van der Waals surface area contributed by atoms with Gasteiger partial charge in [-0.3, -0.25) is 0 Å². The molecule has 0 aromatic carbocycles. The zero-order valence-electron chi connectivity index (χ0n) is 20.0. The number of hydrogen-bond donors (Lipinski definition) is 0. The quantitative estimate of drug-likeness (QED) is 0.114. The molecule has 0 aliphatic rings. The lowest BCUT2D eigenvalue weighted by Crippen LogP contribution is -2.77. The largest absolute Gasteiger partial charge is 0.103 e. The van der Waals surface area contributed by atoms with E-state index in [1.807, 2.05) is 0 Å². The summed E-state index contributed by atoms with van der Waals surface area (Å²) in [5.41, 5.74) is 0. The molecular formula is C27H46Si4. The van der Waals surface area contributed by atoms with Crippen molar-refractivity contribution < 1.29 is 0 Å². The van der Waals surface area contributed by atoms with E-state index in [0.29, 0.717) is 0 Å². The Morgan fingerprint density at radius 3 is 0.548 bits per heavy atom. The van der Waals surface area contributed by atoms with Crippen LogP contribution in [0.2, 0.25) is 54.4 Å². The van der Waals surface area contributed by atoms with Crippen molar-refractivity contribution in [3.05, 3.63) is 114 Å². The molecule has 0 nitrogen and oxygen atoms in total. The van der Waals surface area contributed by atoms with Crippen LogP contribution in [-0.2, 0) is 0 Å². The fourth-order valence-electron chi connectivity index (χ4n) is 6.35. The van der Waals surface area contributed by atoms with Gasteiger partial charge in [0.2, 0.25) is 0 Å². The van der Waals surface area contributed by atoms with E-state index in [1.165, 1.54) is 0 Å². The lowest BCUT2D eigenvalue weighted by molar-refractivity contribution is 1.36. The maximum atomic E-state index is 4.23. The van der Waals surface area contributed by atoms with Crippen molar-refractivity contribution in [1.29, 1.82) is 0 Å². The highest BCUT2D eigenvalue weighted by Gasteiger charge is 2.59. The van der Waals surface area contributed by atoms with E-state index in [2.05, 4.69) is 114 Å². The molecule has 0 spiro atoms.